The largest absolute Gasteiger partial charge is 0.539 e. The van der Waals surface area contributed by atoms with Gasteiger partial charge in [-0.2, -0.15) is 0 Å². The van der Waals surface area contributed by atoms with E-state index in [1.165, 1.54) is 29.4 Å². The number of para-hydroxylation sites is 2. The molecule has 0 atom stereocenters. The molecule has 0 saturated carbocycles. The average Bonchev–Trinajstić information content (AvgIpc) is 3.00. The Bertz CT molecular complexity index is 958. The fraction of sp³-hybridized carbons (Fsp3) is 0.318. The number of benzene rings is 2. The summed E-state index contributed by atoms with van der Waals surface area (Å²) in [4.78, 5) is 18.0. The number of carbonyl (C=O) groups excluding carboxylic acids is 1. The van der Waals surface area contributed by atoms with E-state index in [2.05, 4.69) is 57.7 Å². The minimum Gasteiger partial charge on any atom is -0.539 e. The van der Waals surface area contributed by atoms with Gasteiger partial charge >= 0.3 is 11.9 Å². The first-order chi connectivity index (χ1) is 14.5. The van der Waals surface area contributed by atoms with Gasteiger partial charge in [-0.15, -0.1) is 0 Å². The maximum absolute atomic E-state index is 9.04. The summed E-state index contributed by atoms with van der Waals surface area (Å²) in [5.41, 5.74) is 15.8. The second-order valence-electron chi connectivity index (χ2n) is 6.87. The lowest BCUT2D eigenvalue weighted by molar-refractivity contribution is -0.648. The van der Waals surface area contributed by atoms with Gasteiger partial charge in [-0.3, -0.25) is 5.73 Å². The van der Waals surface area contributed by atoms with Gasteiger partial charge in [-0.1, -0.05) is 55.3 Å². The Morgan fingerprint density at radius 3 is 2.20 bits per heavy atom. The molecule has 0 spiro atoms. The number of aromatic nitrogens is 2. The lowest BCUT2D eigenvalue weighted by atomic mass is 10.2. The van der Waals surface area contributed by atoms with Crippen molar-refractivity contribution in [2.24, 2.45) is 5.73 Å². The lowest BCUT2D eigenvalue weighted by Gasteiger charge is -2.03. The highest BCUT2D eigenvalue weighted by molar-refractivity contribution is 6.26. The molecule has 0 aliphatic carbocycles. The number of rotatable bonds is 8. The van der Waals surface area contributed by atoms with Crippen molar-refractivity contribution in [1.82, 2.24) is 4.57 Å². The summed E-state index contributed by atoms with van der Waals surface area (Å²) in [6, 6.07) is 18.9. The van der Waals surface area contributed by atoms with Crippen molar-refractivity contribution >= 4 is 28.9 Å². The molecule has 2 aromatic carbocycles. The molecule has 30 heavy (non-hydrogen) atoms. The minimum absolute atomic E-state index is 0.783. The Kier molecular flexibility index (Phi) is 8.83. The van der Waals surface area contributed by atoms with E-state index in [-0.39, 0.29) is 0 Å². The number of carboxylic acids is 2. The number of hydrogen-bond acceptors (Lipinski definition) is 5. The van der Waals surface area contributed by atoms with Crippen LogP contribution in [0.4, 0.5) is 5.95 Å². The molecule has 0 unspecified atom stereocenters. The van der Waals surface area contributed by atoms with E-state index in [4.69, 9.17) is 31.3 Å². The number of imidazole rings is 1. The summed E-state index contributed by atoms with van der Waals surface area (Å²) in [5, 5.41) is 16.3. The number of nitrogens with two attached hydrogens (primary N) is 2. The van der Waals surface area contributed by atoms with Gasteiger partial charge in [0, 0.05) is 0 Å². The third-order valence-electron chi connectivity index (χ3n) is 4.71. The topological polar surface area (TPSA) is 138 Å². The maximum atomic E-state index is 9.04. The van der Waals surface area contributed by atoms with E-state index in [0.717, 1.165) is 38.4 Å². The van der Waals surface area contributed by atoms with Crippen LogP contribution in [0.15, 0.2) is 54.6 Å². The van der Waals surface area contributed by atoms with Crippen LogP contribution in [0.25, 0.3) is 11.0 Å². The fourth-order valence-corrected chi connectivity index (χ4v) is 3.25. The van der Waals surface area contributed by atoms with Crippen molar-refractivity contribution in [3.05, 3.63) is 60.2 Å². The number of aliphatic carboxylic acids is 2. The molecule has 1 aromatic heterocycles. The SMILES string of the molecule is NCCCCCCn1c(N)[n+](Cc2ccccc2)c2ccccc21.O=C([O-])C(=O)O. The molecule has 0 fully saturated rings. The van der Waals surface area contributed by atoms with Gasteiger partial charge in [0.2, 0.25) is 0 Å². The van der Waals surface area contributed by atoms with E-state index in [9.17, 15) is 0 Å². The molecule has 0 radical (unpaired) electrons. The Hall–Kier alpha value is -3.39. The van der Waals surface area contributed by atoms with Crippen LogP contribution in [0.5, 0.6) is 0 Å². The number of aryl methyl sites for hydroxylation is 1. The lowest BCUT2D eigenvalue weighted by Crippen LogP contribution is -2.37. The normalized spacial score (nSPS) is 10.4. The van der Waals surface area contributed by atoms with Crippen LogP contribution in [0.3, 0.4) is 0 Å². The predicted molar refractivity (Wildman–Crippen MR) is 112 cm³/mol. The van der Waals surface area contributed by atoms with Gasteiger partial charge in [0.1, 0.15) is 11.0 Å². The maximum Gasteiger partial charge on any atom is 0.356 e. The number of hydrogen-bond donors (Lipinski definition) is 3. The summed E-state index contributed by atoms with van der Waals surface area (Å²) in [5.74, 6) is -3.18. The molecule has 1 heterocycles. The van der Waals surface area contributed by atoms with Crippen LogP contribution in [-0.2, 0) is 22.7 Å². The number of anilines is 1. The molecule has 0 bridgehead atoms. The first-order valence-electron chi connectivity index (χ1n) is 9.90. The zero-order valence-corrected chi connectivity index (χ0v) is 16.9. The van der Waals surface area contributed by atoms with Crippen LogP contribution in [0.1, 0.15) is 31.2 Å². The summed E-state index contributed by atoms with van der Waals surface area (Å²) in [6.45, 7) is 2.54. The molecule has 0 amide bonds. The van der Waals surface area contributed by atoms with Crippen molar-refractivity contribution in [2.75, 3.05) is 12.3 Å². The van der Waals surface area contributed by atoms with Crippen LogP contribution >= 0.6 is 0 Å². The van der Waals surface area contributed by atoms with Crippen LogP contribution in [0, 0.1) is 0 Å². The van der Waals surface area contributed by atoms with Crippen molar-refractivity contribution in [2.45, 2.75) is 38.8 Å². The molecular weight excluding hydrogens is 384 g/mol. The minimum atomic E-state index is -2.07. The highest BCUT2D eigenvalue weighted by atomic mass is 16.4. The molecule has 8 nitrogen and oxygen atoms in total. The highest BCUT2D eigenvalue weighted by Crippen LogP contribution is 2.18. The third kappa shape index (κ3) is 6.31. The predicted octanol–water partition coefficient (Wildman–Crippen LogP) is 0.899. The zero-order chi connectivity index (χ0) is 21.9. The second-order valence-corrected chi connectivity index (χ2v) is 6.87. The smallest absolute Gasteiger partial charge is 0.356 e. The molecule has 160 valence electrons. The molecule has 5 N–H and O–H groups in total. The summed E-state index contributed by atoms with van der Waals surface area (Å²) in [7, 11) is 0. The molecule has 3 rings (SSSR count). The van der Waals surface area contributed by atoms with E-state index >= 15 is 0 Å². The summed E-state index contributed by atoms with van der Waals surface area (Å²) >= 11 is 0. The standard InChI is InChI=1S/C20H26N4.C2H2O4/c21-14-8-1-2-9-15-23-18-12-6-7-13-19(18)24(20(23)22)16-17-10-4-3-5-11-17;3-1(4)2(5)6/h3-7,10-13,22H,1-2,8-9,14-16,21H2;(H,3,4)(H,5,6). The van der Waals surface area contributed by atoms with Crippen molar-refractivity contribution < 1.29 is 24.4 Å². The van der Waals surface area contributed by atoms with Crippen molar-refractivity contribution in [3.63, 3.8) is 0 Å². The Morgan fingerprint density at radius 2 is 1.57 bits per heavy atom. The Labute approximate surface area is 175 Å². The van der Waals surface area contributed by atoms with Gasteiger partial charge in [0.05, 0.1) is 13.1 Å². The average molecular weight is 412 g/mol. The van der Waals surface area contributed by atoms with Gasteiger partial charge in [0.25, 0.3) is 0 Å². The third-order valence-corrected chi connectivity index (χ3v) is 4.71. The van der Waals surface area contributed by atoms with Crippen molar-refractivity contribution in [3.8, 4) is 0 Å². The van der Waals surface area contributed by atoms with E-state index < -0.39 is 11.9 Å². The number of carboxylic acid groups (broad SMARTS) is 2. The molecular formula is C22H28N4O4. The fourth-order valence-electron chi connectivity index (χ4n) is 3.25. The van der Waals surface area contributed by atoms with E-state index in [1.54, 1.807) is 0 Å². The number of nitrogens with zero attached hydrogens (tertiary/aromatic N) is 2. The van der Waals surface area contributed by atoms with Gasteiger partial charge in [-0.25, -0.2) is 13.9 Å². The summed E-state index contributed by atoms with van der Waals surface area (Å²) < 4.78 is 4.46. The van der Waals surface area contributed by atoms with Gasteiger partial charge in [0.15, 0.2) is 5.97 Å². The highest BCUT2D eigenvalue weighted by Gasteiger charge is 2.20. The Balaban J connectivity index is 0.000000469. The molecule has 3 aromatic rings. The van der Waals surface area contributed by atoms with Crippen LogP contribution in [-0.4, -0.2) is 28.2 Å². The number of unbranched alkanes of at least 4 members (excludes halogenated alkanes) is 3. The zero-order valence-electron chi connectivity index (χ0n) is 16.9. The van der Waals surface area contributed by atoms with Gasteiger partial charge < -0.3 is 20.7 Å². The first kappa shape index (κ1) is 22.9. The van der Waals surface area contributed by atoms with E-state index in [1.807, 2.05) is 6.07 Å². The Morgan fingerprint density at radius 1 is 0.967 bits per heavy atom. The quantitative estimate of drug-likeness (QED) is 0.285. The number of nitrogen functional groups attached to an aromatic ring is 1. The van der Waals surface area contributed by atoms with Crippen molar-refractivity contribution in [1.29, 1.82) is 0 Å². The van der Waals surface area contributed by atoms with Crippen LogP contribution in [0.2, 0.25) is 0 Å². The van der Waals surface area contributed by atoms with E-state index in [0.29, 0.717) is 0 Å². The molecule has 0 saturated heterocycles. The summed E-state index contributed by atoms with van der Waals surface area (Å²) in [6.07, 6.45) is 4.63. The first-order valence-corrected chi connectivity index (χ1v) is 9.90. The molecule has 0 aliphatic rings. The molecule has 8 heteroatoms. The monoisotopic (exact) mass is 412 g/mol. The second kappa shape index (κ2) is 11.6. The van der Waals surface area contributed by atoms with Gasteiger partial charge in [-0.05, 0) is 37.1 Å². The number of carbonyl (C=O) groups is 2. The molecule has 0 aliphatic heterocycles. The number of fused-ring (bicyclic) bond motifs is 1. The van der Waals surface area contributed by atoms with Crippen LogP contribution < -0.4 is 21.1 Å².